The van der Waals surface area contributed by atoms with Gasteiger partial charge in [-0.1, -0.05) is 17.7 Å². The van der Waals surface area contributed by atoms with E-state index in [0.29, 0.717) is 16.8 Å². The molecule has 1 saturated carbocycles. The van der Waals surface area contributed by atoms with E-state index < -0.39 is 0 Å². The molecule has 0 spiro atoms. The summed E-state index contributed by atoms with van der Waals surface area (Å²) in [6.07, 6.45) is 6.06. The van der Waals surface area contributed by atoms with Gasteiger partial charge in [0.05, 0.1) is 11.2 Å². The lowest BCUT2D eigenvalue weighted by atomic mass is 10.2. The number of aromatic nitrogens is 1. The van der Waals surface area contributed by atoms with Gasteiger partial charge in [-0.3, -0.25) is 4.98 Å². The first kappa shape index (κ1) is 13.4. The van der Waals surface area contributed by atoms with Crippen molar-refractivity contribution in [3.8, 4) is 11.5 Å². The number of rotatable bonds is 5. The first-order valence-corrected chi connectivity index (χ1v) is 7.20. The van der Waals surface area contributed by atoms with Crippen molar-refractivity contribution in [2.24, 2.45) is 0 Å². The van der Waals surface area contributed by atoms with Crippen molar-refractivity contribution in [2.45, 2.75) is 32.4 Å². The SMILES string of the molecule is Cc1ccc(Cl)c(Oc2cnccc2CNC2CC2)c1. The molecule has 3 nitrogen and oxygen atoms in total. The Morgan fingerprint density at radius 2 is 2.15 bits per heavy atom. The molecular formula is C16H17ClN2O. The Bertz CT molecular complexity index is 611. The van der Waals surface area contributed by atoms with E-state index in [9.17, 15) is 0 Å². The average molecular weight is 289 g/mol. The molecule has 1 N–H and O–H groups in total. The maximum Gasteiger partial charge on any atom is 0.150 e. The van der Waals surface area contributed by atoms with E-state index in [2.05, 4.69) is 10.3 Å². The Morgan fingerprint density at radius 1 is 1.30 bits per heavy atom. The average Bonchev–Trinajstić information content (AvgIpc) is 3.26. The van der Waals surface area contributed by atoms with Crippen molar-refractivity contribution in [1.29, 1.82) is 0 Å². The molecule has 3 rings (SSSR count). The molecule has 0 atom stereocenters. The van der Waals surface area contributed by atoms with Crippen LogP contribution >= 0.6 is 11.6 Å². The van der Waals surface area contributed by atoms with Crippen molar-refractivity contribution in [3.05, 3.63) is 52.8 Å². The summed E-state index contributed by atoms with van der Waals surface area (Å²) in [4.78, 5) is 4.14. The van der Waals surface area contributed by atoms with Gasteiger partial charge >= 0.3 is 0 Å². The highest BCUT2D eigenvalue weighted by Gasteiger charge is 2.20. The second-order valence-corrected chi connectivity index (χ2v) is 5.58. The fourth-order valence-corrected chi connectivity index (χ4v) is 2.15. The molecular weight excluding hydrogens is 272 g/mol. The summed E-state index contributed by atoms with van der Waals surface area (Å²) in [5, 5.41) is 4.10. The fraction of sp³-hybridized carbons (Fsp3) is 0.312. The molecule has 1 aromatic heterocycles. The third-order valence-electron chi connectivity index (χ3n) is 3.34. The summed E-state index contributed by atoms with van der Waals surface area (Å²) in [7, 11) is 0. The highest BCUT2D eigenvalue weighted by molar-refractivity contribution is 6.32. The van der Waals surface area contributed by atoms with E-state index in [1.807, 2.05) is 31.2 Å². The Balaban J connectivity index is 1.80. The predicted octanol–water partition coefficient (Wildman–Crippen LogP) is 4.09. The van der Waals surface area contributed by atoms with Crippen LogP contribution in [-0.2, 0) is 6.54 Å². The standard InChI is InChI=1S/C16H17ClN2O/c1-11-2-5-14(17)15(8-11)20-16-10-18-7-6-12(16)9-19-13-3-4-13/h2,5-8,10,13,19H,3-4,9H2,1H3. The minimum atomic E-state index is 0.612. The number of aryl methyl sites for hydroxylation is 1. The molecule has 20 heavy (non-hydrogen) atoms. The largest absolute Gasteiger partial charge is 0.454 e. The zero-order chi connectivity index (χ0) is 13.9. The van der Waals surface area contributed by atoms with Crippen LogP contribution in [0.5, 0.6) is 11.5 Å². The van der Waals surface area contributed by atoms with Gasteiger partial charge < -0.3 is 10.1 Å². The topological polar surface area (TPSA) is 34.1 Å². The lowest BCUT2D eigenvalue weighted by molar-refractivity contribution is 0.470. The number of hydrogen-bond acceptors (Lipinski definition) is 3. The monoisotopic (exact) mass is 288 g/mol. The molecule has 1 fully saturated rings. The highest BCUT2D eigenvalue weighted by Crippen LogP contribution is 2.32. The second-order valence-electron chi connectivity index (χ2n) is 5.17. The second kappa shape index (κ2) is 5.81. The van der Waals surface area contributed by atoms with Crippen LogP contribution in [-0.4, -0.2) is 11.0 Å². The van der Waals surface area contributed by atoms with Gasteiger partial charge in [-0.05, 0) is 43.5 Å². The third-order valence-corrected chi connectivity index (χ3v) is 3.65. The molecule has 0 saturated heterocycles. The van der Waals surface area contributed by atoms with E-state index in [0.717, 1.165) is 23.4 Å². The van der Waals surface area contributed by atoms with Gasteiger partial charge in [-0.15, -0.1) is 0 Å². The Hall–Kier alpha value is -1.58. The predicted molar refractivity (Wildman–Crippen MR) is 80.4 cm³/mol. The molecule has 0 radical (unpaired) electrons. The van der Waals surface area contributed by atoms with Crippen LogP contribution in [0.1, 0.15) is 24.0 Å². The number of hydrogen-bond donors (Lipinski definition) is 1. The summed E-state index contributed by atoms with van der Waals surface area (Å²) >= 11 is 6.17. The Kier molecular flexibility index (Phi) is 3.90. The number of halogens is 1. The quantitative estimate of drug-likeness (QED) is 0.900. The van der Waals surface area contributed by atoms with E-state index >= 15 is 0 Å². The number of nitrogens with one attached hydrogen (secondary N) is 1. The molecule has 1 aromatic carbocycles. The van der Waals surface area contributed by atoms with Crippen LogP contribution in [0, 0.1) is 6.92 Å². The van der Waals surface area contributed by atoms with Crippen LogP contribution in [0.3, 0.4) is 0 Å². The molecule has 0 bridgehead atoms. The maximum atomic E-state index is 6.17. The van der Waals surface area contributed by atoms with Gasteiger partial charge in [0.25, 0.3) is 0 Å². The normalized spacial score (nSPS) is 14.3. The highest BCUT2D eigenvalue weighted by atomic mass is 35.5. The first-order chi connectivity index (χ1) is 9.72. The van der Waals surface area contributed by atoms with E-state index in [-0.39, 0.29) is 0 Å². The van der Waals surface area contributed by atoms with Crippen molar-refractivity contribution in [1.82, 2.24) is 10.3 Å². The van der Waals surface area contributed by atoms with Crippen molar-refractivity contribution < 1.29 is 4.74 Å². The maximum absolute atomic E-state index is 6.17. The summed E-state index contributed by atoms with van der Waals surface area (Å²) in [6, 6.07) is 8.40. The summed E-state index contributed by atoms with van der Waals surface area (Å²) in [5.41, 5.74) is 2.22. The fourth-order valence-electron chi connectivity index (χ4n) is 2.00. The Morgan fingerprint density at radius 3 is 2.95 bits per heavy atom. The van der Waals surface area contributed by atoms with Crippen LogP contribution in [0.25, 0.3) is 0 Å². The van der Waals surface area contributed by atoms with Gasteiger partial charge in [0.15, 0.2) is 0 Å². The van der Waals surface area contributed by atoms with Gasteiger partial charge in [0.1, 0.15) is 11.5 Å². The number of benzene rings is 1. The summed E-state index contributed by atoms with van der Waals surface area (Å²) in [5.74, 6) is 1.43. The van der Waals surface area contributed by atoms with E-state index in [4.69, 9.17) is 16.3 Å². The van der Waals surface area contributed by atoms with E-state index in [1.165, 1.54) is 12.8 Å². The lowest BCUT2D eigenvalue weighted by Gasteiger charge is -2.12. The van der Waals surface area contributed by atoms with Crippen molar-refractivity contribution in [2.75, 3.05) is 0 Å². The van der Waals surface area contributed by atoms with Crippen LogP contribution in [0.15, 0.2) is 36.7 Å². The number of nitrogens with zero attached hydrogens (tertiary/aromatic N) is 1. The zero-order valence-corrected chi connectivity index (χ0v) is 12.2. The molecule has 0 aliphatic heterocycles. The molecule has 4 heteroatoms. The molecule has 104 valence electrons. The van der Waals surface area contributed by atoms with Crippen molar-refractivity contribution in [3.63, 3.8) is 0 Å². The Labute approximate surface area is 123 Å². The van der Waals surface area contributed by atoms with E-state index in [1.54, 1.807) is 12.4 Å². The molecule has 1 aliphatic carbocycles. The summed E-state index contributed by atoms with van der Waals surface area (Å²) < 4.78 is 5.94. The minimum absolute atomic E-state index is 0.612. The van der Waals surface area contributed by atoms with Crippen LogP contribution < -0.4 is 10.1 Å². The number of ether oxygens (including phenoxy) is 1. The molecule has 0 amide bonds. The molecule has 1 aliphatic rings. The molecule has 2 aromatic rings. The number of pyridine rings is 1. The zero-order valence-electron chi connectivity index (χ0n) is 11.4. The minimum Gasteiger partial charge on any atom is -0.454 e. The molecule has 1 heterocycles. The van der Waals surface area contributed by atoms with Gasteiger partial charge in [0, 0.05) is 24.3 Å². The van der Waals surface area contributed by atoms with Gasteiger partial charge in [0.2, 0.25) is 0 Å². The summed E-state index contributed by atoms with van der Waals surface area (Å²) in [6.45, 7) is 2.81. The molecule has 0 unspecified atom stereocenters. The van der Waals surface area contributed by atoms with Crippen LogP contribution in [0.2, 0.25) is 5.02 Å². The van der Waals surface area contributed by atoms with Gasteiger partial charge in [-0.2, -0.15) is 0 Å². The first-order valence-electron chi connectivity index (χ1n) is 6.82. The van der Waals surface area contributed by atoms with Crippen LogP contribution in [0.4, 0.5) is 0 Å². The van der Waals surface area contributed by atoms with Crippen molar-refractivity contribution >= 4 is 11.6 Å². The van der Waals surface area contributed by atoms with Gasteiger partial charge in [-0.25, -0.2) is 0 Å². The smallest absolute Gasteiger partial charge is 0.150 e. The third kappa shape index (κ3) is 3.30. The lowest BCUT2D eigenvalue weighted by Crippen LogP contribution is -2.15.